The molecule has 1 aliphatic rings. The molecule has 0 saturated carbocycles. The minimum absolute atomic E-state index is 0.109. The van der Waals surface area contributed by atoms with E-state index in [4.69, 9.17) is 4.74 Å². The summed E-state index contributed by atoms with van der Waals surface area (Å²) in [6, 6.07) is 9.89. The van der Waals surface area contributed by atoms with Crippen LogP contribution in [0.3, 0.4) is 0 Å². The van der Waals surface area contributed by atoms with Crippen molar-refractivity contribution in [2.75, 3.05) is 26.7 Å². The van der Waals surface area contributed by atoms with Gasteiger partial charge in [0.25, 0.3) is 17.6 Å². The van der Waals surface area contributed by atoms with Crippen LogP contribution in [0.2, 0.25) is 0 Å². The number of halogens is 3. The van der Waals surface area contributed by atoms with E-state index in [-0.39, 0.29) is 34.1 Å². The third-order valence-corrected chi connectivity index (χ3v) is 5.89. The zero-order valence-corrected chi connectivity index (χ0v) is 18.5. The lowest BCUT2D eigenvalue weighted by Gasteiger charge is -2.41. The summed E-state index contributed by atoms with van der Waals surface area (Å²) in [6.07, 6.45) is -3.70. The molecule has 0 bridgehead atoms. The number of carbonyl (C=O) groups excluding carboxylic acids is 4. The Hall–Kier alpha value is -4.15. The van der Waals surface area contributed by atoms with Gasteiger partial charge in [-0.3, -0.25) is 14.4 Å². The van der Waals surface area contributed by atoms with Gasteiger partial charge in [0.15, 0.2) is 0 Å². The predicted octanol–water partition coefficient (Wildman–Crippen LogP) is 3.05. The minimum Gasteiger partial charge on any atom is -0.465 e. The maximum absolute atomic E-state index is 13.9. The first-order valence-electron chi connectivity index (χ1n) is 10.6. The van der Waals surface area contributed by atoms with E-state index in [1.807, 2.05) is 0 Å². The number of ketones is 1. The van der Waals surface area contributed by atoms with Crippen molar-refractivity contribution < 1.29 is 37.1 Å². The summed E-state index contributed by atoms with van der Waals surface area (Å²) in [5, 5.41) is 0.202. The molecule has 1 N–H and O–H groups in total. The van der Waals surface area contributed by atoms with Crippen LogP contribution in [0.15, 0.2) is 54.7 Å². The number of carbonyl (C=O) groups is 4. The lowest BCUT2D eigenvalue weighted by atomic mass is 10.0. The number of rotatable bonds is 4. The lowest BCUT2D eigenvalue weighted by Crippen LogP contribution is -2.62. The van der Waals surface area contributed by atoms with E-state index in [0.717, 1.165) is 4.90 Å². The monoisotopic (exact) mass is 487 g/mol. The molecule has 1 aliphatic heterocycles. The fraction of sp³-hybridized carbons (Fsp3) is 0.250. The Labute approximate surface area is 197 Å². The number of aromatic nitrogens is 1. The molecule has 4 rings (SSSR count). The summed E-state index contributed by atoms with van der Waals surface area (Å²) in [4.78, 5) is 54.8. The van der Waals surface area contributed by atoms with Crippen molar-refractivity contribution >= 4 is 34.5 Å². The highest BCUT2D eigenvalue weighted by Crippen LogP contribution is 2.30. The number of ether oxygens (including phenoxy) is 1. The molecular formula is C24H20F3N3O5. The van der Waals surface area contributed by atoms with E-state index in [9.17, 15) is 32.3 Å². The summed E-state index contributed by atoms with van der Waals surface area (Å²) in [6.45, 7) is -1.43. The molecule has 0 aliphatic carbocycles. The van der Waals surface area contributed by atoms with Crippen LogP contribution < -0.4 is 0 Å². The number of amides is 2. The number of benzene rings is 2. The van der Waals surface area contributed by atoms with Gasteiger partial charge in [0.2, 0.25) is 0 Å². The van der Waals surface area contributed by atoms with Crippen LogP contribution in [-0.2, 0) is 9.53 Å². The van der Waals surface area contributed by atoms with E-state index in [1.165, 1.54) is 43.6 Å². The zero-order valence-electron chi connectivity index (χ0n) is 18.5. The van der Waals surface area contributed by atoms with Crippen molar-refractivity contribution in [1.82, 2.24) is 14.8 Å². The van der Waals surface area contributed by atoms with Crippen molar-refractivity contribution in [3.8, 4) is 0 Å². The number of fused-ring (bicyclic) bond motifs is 1. The van der Waals surface area contributed by atoms with Crippen LogP contribution in [0.5, 0.6) is 0 Å². The number of hydrogen-bond acceptors (Lipinski definition) is 5. The number of nitrogens with zero attached hydrogens (tertiary/aromatic N) is 2. The quantitative estimate of drug-likeness (QED) is 0.347. The number of methoxy groups -OCH3 is 1. The molecule has 1 atom stereocenters. The standard InChI is InChI=1S/C24H20F3N3O5/c1-35-23(34)16-9-5-8-15-17(12-28-19(15)16)20(31)22(33)30-11-10-29(13-18(30)24(25,26)27)21(32)14-6-3-2-4-7-14/h2-9,12,18,28H,10-11,13H2,1H3. The van der Waals surface area contributed by atoms with E-state index >= 15 is 0 Å². The minimum atomic E-state index is -4.87. The number of esters is 1. The van der Waals surface area contributed by atoms with Gasteiger partial charge in [-0.25, -0.2) is 4.79 Å². The maximum atomic E-state index is 13.9. The van der Waals surface area contributed by atoms with Gasteiger partial charge in [0, 0.05) is 30.2 Å². The second-order valence-electron chi connectivity index (χ2n) is 7.92. The second-order valence-corrected chi connectivity index (χ2v) is 7.92. The number of alkyl halides is 3. The summed E-state index contributed by atoms with van der Waals surface area (Å²) in [7, 11) is 1.18. The van der Waals surface area contributed by atoms with Gasteiger partial charge in [0.1, 0.15) is 6.04 Å². The molecule has 0 radical (unpaired) electrons. The Morgan fingerprint density at radius 2 is 1.69 bits per heavy atom. The van der Waals surface area contributed by atoms with Gasteiger partial charge < -0.3 is 19.5 Å². The molecule has 182 valence electrons. The predicted molar refractivity (Wildman–Crippen MR) is 118 cm³/mol. The highest BCUT2D eigenvalue weighted by Gasteiger charge is 2.50. The summed E-state index contributed by atoms with van der Waals surface area (Å²) >= 11 is 0. The van der Waals surface area contributed by atoms with Crippen LogP contribution >= 0.6 is 0 Å². The molecule has 3 aromatic rings. The number of nitrogens with one attached hydrogen (secondary N) is 1. The molecule has 1 aromatic heterocycles. The Morgan fingerprint density at radius 1 is 0.971 bits per heavy atom. The molecule has 2 aromatic carbocycles. The summed E-state index contributed by atoms with van der Waals surface area (Å²) < 4.78 is 46.5. The Kier molecular flexibility index (Phi) is 6.33. The van der Waals surface area contributed by atoms with Gasteiger partial charge in [0.05, 0.1) is 30.3 Å². The number of para-hydroxylation sites is 1. The third kappa shape index (κ3) is 4.48. The smallest absolute Gasteiger partial charge is 0.410 e. The zero-order chi connectivity index (χ0) is 25.3. The lowest BCUT2D eigenvalue weighted by molar-refractivity contribution is -0.196. The average molecular weight is 487 g/mol. The molecule has 1 fully saturated rings. The van der Waals surface area contributed by atoms with Crippen molar-refractivity contribution in [3.63, 3.8) is 0 Å². The van der Waals surface area contributed by atoms with E-state index < -0.39 is 48.9 Å². The fourth-order valence-corrected chi connectivity index (χ4v) is 4.12. The third-order valence-electron chi connectivity index (χ3n) is 5.89. The highest BCUT2D eigenvalue weighted by atomic mass is 19.4. The van der Waals surface area contributed by atoms with Gasteiger partial charge >= 0.3 is 12.1 Å². The van der Waals surface area contributed by atoms with Crippen LogP contribution in [-0.4, -0.2) is 77.3 Å². The Balaban J connectivity index is 1.61. The number of Topliss-reactive ketones (excluding diaryl/α,β-unsaturated/α-hetero) is 1. The Morgan fingerprint density at radius 3 is 2.34 bits per heavy atom. The normalized spacial score (nSPS) is 16.3. The molecule has 8 nitrogen and oxygen atoms in total. The molecule has 1 saturated heterocycles. The van der Waals surface area contributed by atoms with Crippen LogP contribution in [0.1, 0.15) is 31.1 Å². The topological polar surface area (TPSA) is 99.8 Å². The first kappa shape index (κ1) is 24.0. The molecular weight excluding hydrogens is 467 g/mol. The summed E-state index contributed by atoms with van der Waals surface area (Å²) in [5.74, 6) is -3.77. The van der Waals surface area contributed by atoms with Crippen LogP contribution in [0.4, 0.5) is 13.2 Å². The number of hydrogen-bond donors (Lipinski definition) is 1. The number of aromatic amines is 1. The Bertz CT molecular complexity index is 1300. The first-order chi connectivity index (χ1) is 16.6. The van der Waals surface area contributed by atoms with Crippen LogP contribution in [0.25, 0.3) is 10.9 Å². The molecule has 11 heteroatoms. The van der Waals surface area contributed by atoms with Crippen molar-refractivity contribution in [3.05, 3.63) is 71.4 Å². The average Bonchev–Trinajstić information content (AvgIpc) is 3.31. The number of H-pyrrole nitrogens is 1. The van der Waals surface area contributed by atoms with Crippen molar-refractivity contribution in [2.45, 2.75) is 12.2 Å². The van der Waals surface area contributed by atoms with E-state index in [1.54, 1.807) is 18.2 Å². The summed E-state index contributed by atoms with van der Waals surface area (Å²) in [5.41, 5.74) is 0.391. The van der Waals surface area contributed by atoms with Crippen molar-refractivity contribution in [1.29, 1.82) is 0 Å². The SMILES string of the molecule is COC(=O)c1cccc2c(C(=O)C(=O)N3CCN(C(=O)c4ccccc4)CC3C(F)(F)F)c[nH]c12. The molecule has 35 heavy (non-hydrogen) atoms. The molecule has 1 unspecified atom stereocenters. The van der Waals surface area contributed by atoms with Gasteiger partial charge in [-0.1, -0.05) is 30.3 Å². The molecule has 2 heterocycles. The highest BCUT2D eigenvalue weighted by molar-refractivity contribution is 6.45. The van der Waals surface area contributed by atoms with Crippen LogP contribution in [0, 0.1) is 0 Å². The maximum Gasteiger partial charge on any atom is 0.410 e. The van der Waals surface area contributed by atoms with Gasteiger partial charge in [-0.2, -0.15) is 13.2 Å². The van der Waals surface area contributed by atoms with E-state index in [2.05, 4.69) is 4.98 Å². The van der Waals surface area contributed by atoms with E-state index in [0.29, 0.717) is 4.90 Å². The number of piperazine rings is 1. The van der Waals surface area contributed by atoms with Gasteiger partial charge in [-0.05, 0) is 18.2 Å². The molecule has 0 spiro atoms. The van der Waals surface area contributed by atoms with Gasteiger partial charge in [-0.15, -0.1) is 0 Å². The first-order valence-corrected chi connectivity index (χ1v) is 10.6. The largest absolute Gasteiger partial charge is 0.465 e. The van der Waals surface area contributed by atoms with Crippen molar-refractivity contribution in [2.24, 2.45) is 0 Å². The fourth-order valence-electron chi connectivity index (χ4n) is 4.12. The second kappa shape index (κ2) is 9.24. The molecule has 2 amide bonds.